The smallest absolute Gasteiger partial charge is 0.173 e. The molecule has 1 heterocycles. The van der Waals surface area contributed by atoms with E-state index in [1.54, 1.807) is 0 Å². The predicted molar refractivity (Wildman–Crippen MR) is 53.5 cm³/mol. The van der Waals surface area contributed by atoms with E-state index in [-0.39, 0.29) is 11.2 Å². The summed E-state index contributed by atoms with van der Waals surface area (Å²) < 4.78 is 11.6. The first-order valence-corrected chi connectivity index (χ1v) is 5.15. The van der Waals surface area contributed by atoms with Crippen molar-refractivity contribution >= 4 is 0 Å². The van der Waals surface area contributed by atoms with Gasteiger partial charge in [0, 0.05) is 11.8 Å². The van der Waals surface area contributed by atoms with E-state index in [9.17, 15) is 0 Å². The summed E-state index contributed by atoms with van der Waals surface area (Å²) >= 11 is 0. The summed E-state index contributed by atoms with van der Waals surface area (Å²) in [6, 6.07) is 0. The largest absolute Gasteiger partial charge is 0.347 e. The lowest BCUT2D eigenvalue weighted by Gasteiger charge is -2.40. The summed E-state index contributed by atoms with van der Waals surface area (Å²) in [4.78, 5) is 0. The van der Waals surface area contributed by atoms with Crippen LogP contribution in [0.15, 0.2) is 0 Å². The maximum Gasteiger partial charge on any atom is 0.173 e. The minimum absolute atomic E-state index is 0.0633. The quantitative estimate of drug-likeness (QED) is 0.660. The second kappa shape index (κ2) is 3.58. The van der Waals surface area contributed by atoms with Gasteiger partial charge in [-0.15, -0.1) is 0 Å². The molecule has 2 heteroatoms. The van der Waals surface area contributed by atoms with Gasteiger partial charge in [-0.3, -0.25) is 0 Å². The monoisotopic (exact) mass is 186 g/mol. The molecule has 0 bridgehead atoms. The standard InChI is InChI=1S/C11H22O2/c1-9(2)8-11(10(3,4)5)12-6-7-13-11/h9H,6-8H2,1-5H3. The van der Waals surface area contributed by atoms with Crippen LogP contribution in [0.3, 0.4) is 0 Å². The van der Waals surface area contributed by atoms with Crippen LogP contribution >= 0.6 is 0 Å². The van der Waals surface area contributed by atoms with Gasteiger partial charge in [0.05, 0.1) is 13.2 Å². The zero-order valence-electron chi connectivity index (χ0n) is 9.52. The lowest BCUT2D eigenvalue weighted by molar-refractivity contribution is -0.231. The van der Waals surface area contributed by atoms with Gasteiger partial charge in [-0.05, 0) is 5.92 Å². The summed E-state index contributed by atoms with van der Waals surface area (Å²) in [6.45, 7) is 12.4. The number of ether oxygens (including phenoxy) is 2. The molecule has 13 heavy (non-hydrogen) atoms. The Hall–Kier alpha value is -0.0800. The molecule has 0 unspecified atom stereocenters. The van der Waals surface area contributed by atoms with E-state index in [0.29, 0.717) is 5.92 Å². The van der Waals surface area contributed by atoms with Gasteiger partial charge in [0.2, 0.25) is 0 Å². The minimum atomic E-state index is -0.346. The third-order valence-corrected chi connectivity index (χ3v) is 2.57. The number of hydrogen-bond donors (Lipinski definition) is 0. The van der Waals surface area contributed by atoms with E-state index in [0.717, 1.165) is 19.6 Å². The zero-order chi connectivity index (χ0) is 10.1. The molecule has 0 spiro atoms. The first-order valence-electron chi connectivity index (χ1n) is 5.15. The molecule has 0 radical (unpaired) electrons. The molecule has 0 aromatic rings. The molecule has 0 amide bonds. The van der Waals surface area contributed by atoms with Crippen molar-refractivity contribution < 1.29 is 9.47 Å². The van der Waals surface area contributed by atoms with E-state index in [1.807, 2.05) is 0 Å². The summed E-state index contributed by atoms with van der Waals surface area (Å²) in [7, 11) is 0. The Kier molecular flexibility index (Phi) is 3.03. The van der Waals surface area contributed by atoms with Gasteiger partial charge < -0.3 is 9.47 Å². The van der Waals surface area contributed by atoms with Crippen LogP contribution in [0.1, 0.15) is 41.0 Å². The molecule has 1 saturated heterocycles. The normalized spacial score (nSPS) is 22.6. The SMILES string of the molecule is CC(C)CC1(C(C)(C)C)OCCO1. The third kappa shape index (κ3) is 2.23. The summed E-state index contributed by atoms with van der Waals surface area (Å²) in [5.74, 6) is 0.263. The molecular weight excluding hydrogens is 164 g/mol. The molecule has 1 aliphatic rings. The van der Waals surface area contributed by atoms with Crippen LogP contribution in [-0.4, -0.2) is 19.0 Å². The molecule has 0 atom stereocenters. The number of hydrogen-bond acceptors (Lipinski definition) is 2. The van der Waals surface area contributed by atoms with Gasteiger partial charge in [-0.1, -0.05) is 34.6 Å². The topological polar surface area (TPSA) is 18.5 Å². The van der Waals surface area contributed by atoms with Gasteiger partial charge in [-0.2, -0.15) is 0 Å². The van der Waals surface area contributed by atoms with Gasteiger partial charge in [0.25, 0.3) is 0 Å². The van der Waals surface area contributed by atoms with Gasteiger partial charge in [0.15, 0.2) is 5.79 Å². The lowest BCUT2D eigenvalue weighted by atomic mass is 9.80. The summed E-state index contributed by atoms with van der Waals surface area (Å²) in [5, 5.41) is 0. The van der Waals surface area contributed by atoms with Gasteiger partial charge in [0.1, 0.15) is 0 Å². The van der Waals surface area contributed by atoms with E-state index in [1.165, 1.54) is 0 Å². The van der Waals surface area contributed by atoms with Crippen LogP contribution < -0.4 is 0 Å². The van der Waals surface area contributed by atoms with Crippen molar-refractivity contribution in [1.29, 1.82) is 0 Å². The second-order valence-corrected chi connectivity index (χ2v) is 5.30. The molecule has 0 aromatic carbocycles. The van der Waals surface area contributed by atoms with E-state index < -0.39 is 0 Å². The Morgan fingerprint density at radius 2 is 1.62 bits per heavy atom. The van der Waals surface area contributed by atoms with Crippen molar-refractivity contribution in [2.45, 2.75) is 46.8 Å². The van der Waals surface area contributed by atoms with Crippen molar-refractivity contribution in [1.82, 2.24) is 0 Å². The Bertz CT molecular complexity index is 161. The van der Waals surface area contributed by atoms with Crippen molar-refractivity contribution in [3.63, 3.8) is 0 Å². The first-order chi connectivity index (χ1) is 5.87. The molecule has 0 saturated carbocycles. The van der Waals surface area contributed by atoms with Crippen molar-refractivity contribution in [3.8, 4) is 0 Å². The Morgan fingerprint density at radius 1 is 1.15 bits per heavy atom. The molecule has 0 aromatic heterocycles. The van der Waals surface area contributed by atoms with Gasteiger partial charge >= 0.3 is 0 Å². The highest BCUT2D eigenvalue weighted by Crippen LogP contribution is 2.42. The van der Waals surface area contributed by atoms with Crippen LogP contribution in [0.2, 0.25) is 0 Å². The molecule has 0 N–H and O–H groups in total. The molecule has 1 aliphatic heterocycles. The highest BCUT2D eigenvalue weighted by molar-refractivity contribution is 4.87. The van der Waals surface area contributed by atoms with Crippen molar-refractivity contribution in [2.75, 3.05) is 13.2 Å². The molecule has 0 aliphatic carbocycles. The maximum absolute atomic E-state index is 5.79. The number of rotatable bonds is 2. The van der Waals surface area contributed by atoms with E-state index >= 15 is 0 Å². The lowest BCUT2D eigenvalue weighted by Crippen LogP contribution is -2.45. The fourth-order valence-electron chi connectivity index (χ4n) is 1.85. The van der Waals surface area contributed by atoms with Crippen LogP contribution in [-0.2, 0) is 9.47 Å². The predicted octanol–water partition coefficient (Wildman–Crippen LogP) is 2.82. The fourth-order valence-corrected chi connectivity index (χ4v) is 1.85. The minimum Gasteiger partial charge on any atom is -0.347 e. The maximum atomic E-state index is 5.79. The Balaban J connectivity index is 2.75. The summed E-state index contributed by atoms with van der Waals surface area (Å²) in [5.41, 5.74) is 0.0633. The zero-order valence-corrected chi connectivity index (χ0v) is 9.52. The van der Waals surface area contributed by atoms with Crippen molar-refractivity contribution in [3.05, 3.63) is 0 Å². The fraction of sp³-hybridized carbons (Fsp3) is 1.00. The highest BCUT2D eigenvalue weighted by Gasteiger charge is 2.47. The Morgan fingerprint density at radius 3 is 1.92 bits per heavy atom. The van der Waals surface area contributed by atoms with Crippen LogP contribution in [0.4, 0.5) is 0 Å². The second-order valence-electron chi connectivity index (χ2n) is 5.30. The Labute approximate surface area is 81.6 Å². The molecule has 78 valence electrons. The van der Waals surface area contributed by atoms with Crippen molar-refractivity contribution in [2.24, 2.45) is 11.3 Å². The third-order valence-electron chi connectivity index (χ3n) is 2.57. The van der Waals surface area contributed by atoms with E-state index in [4.69, 9.17) is 9.47 Å². The highest BCUT2D eigenvalue weighted by atomic mass is 16.7. The molecule has 1 rings (SSSR count). The molecular formula is C11H22O2. The molecule has 1 fully saturated rings. The average Bonchev–Trinajstić information content (AvgIpc) is 2.33. The average molecular weight is 186 g/mol. The molecule has 2 nitrogen and oxygen atoms in total. The van der Waals surface area contributed by atoms with Crippen LogP contribution in [0.5, 0.6) is 0 Å². The van der Waals surface area contributed by atoms with Crippen LogP contribution in [0, 0.1) is 11.3 Å². The summed E-state index contributed by atoms with van der Waals surface area (Å²) in [6.07, 6.45) is 0.983. The first kappa shape index (κ1) is 11.0. The van der Waals surface area contributed by atoms with Crippen LogP contribution in [0.25, 0.3) is 0 Å². The van der Waals surface area contributed by atoms with E-state index in [2.05, 4.69) is 34.6 Å². The van der Waals surface area contributed by atoms with Gasteiger partial charge in [-0.25, -0.2) is 0 Å².